The fourth-order valence-electron chi connectivity index (χ4n) is 2.13. The van der Waals surface area contributed by atoms with Crippen LogP contribution in [0, 0.1) is 5.92 Å². The van der Waals surface area contributed by atoms with Gasteiger partial charge in [0.05, 0.1) is 11.5 Å². The van der Waals surface area contributed by atoms with E-state index < -0.39 is 10.0 Å². The third-order valence-corrected chi connectivity index (χ3v) is 5.70. The van der Waals surface area contributed by atoms with Crippen molar-refractivity contribution in [1.82, 2.24) is 4.31 Å². The second-order valence-corrected chi connectivity index (χ2v) is 7.14. The normalized spacial score (nSPS) is 17.2. The average Bonchev–Trinajstić information content (AvgIpc) is 3.28. The van der Waals surface area contributed by atoms with Crippen molar-refractivity contribution in [2.24, 2.45) is 5.92 Å². The molecular formula is C14H21NO4S. The van der Waals surface area contributed by atoms with Crippen molar-refractivity contribution < 1.29 is 18.3 Å². The Kier molecular flexibility index (Phi) is 4.67. The molecule has 1 atom stereocenters. The summed E-state index contributed by atoms with van der Waals surface area (Å²) in [5, 5.41) is 8.68. The van der Waals surface area contributed by atoms with Crippen molar-refractivity contribution in [3.05, 3.63) is 24.3 Å². The highest BCUT2D eigenvalue weighted by Crippen LogP contribution is 2.36. The molecule has 112 valence electrons. The third-order valence-electron chi connectivity index (χ3n) is 3.74. The maximum Gasteiger partial charge on any atom is 0.243 e. The Balaban J connectivity index is 2.12. The molecule has 6 heteroatoms. The van der Waals surface area contributed by atoms with Crippen LogP contribution in [0.1, 0.15) is 19.8 Å². The first kappa shape index (κ1) is 15.3. The van der Waals surface area contributed by atoms with Crippen molar-refractivity contribution in [3.63, 3.8) is 0 Å². The smallest absolute Gasteiger partial charge is 0.243 e. The molecule has 1 saturated carbocycles. The summed E-state index contributed by atoms with van der Waals surface area (Å²) in [6.07, 6.45) is 2.21. The second-order valence-electron chi connectivity index (χ2n) is 5.14. The molecule has 0 heterocycles. The molecule has 2 rings (SSSR count). The van der Waals surface area contributed by atoms with E-state index in [1.165, 1.54) is 16.4 Å². The van der Waals surface area contributed by atoms with Gasteiger partial charge >= 0.3 is 0 Å². The minimum atomic E-state index is -3.45. The topological polar surface area (TPSA) is 66.8 Å². The van der Waals surface area contributed by atoms with Gasteiger partial charge in [0.25, 0.3) is 0 Å². The summed E-state index contributed by atoms with van der Waals surface area (Å²) in [5.74, 6) is 1.04. The molecule has 5 nitrogen and oxygen atoms in total. The Labute approximate surface area is 120 Å². The fraction of sp³-hybridized carbons (Fsp3) is 0.571. The molecule has 1 N–H and O–H groups in total. The number of benzene rings is 1. The van der Waals surface area contributed by atoms with Crippen LogP contribution in [-0.2, 0) is 10.0 Å². The standard InChI is InChI=1S/C14H21NO4S/c1-11(12-3-4-12)15(2)20(17,18)14-7-5-13(6-8-14)19-10-9-16/h5-8,11-12,16H,3-4,9-10H2,1-2H3. The number of hydrogen-bond acceptors (Lipinski definition) is 4. The zero-order valence-electron chi connectivity index (χ0n) is 11.8. The fourth-order valence-corrected chi connectivity index (χ4v) is 3.55. The molecule has 1 fully saturated rings. The van der Waals surface area contributed by atoms with Gasteiger partial charge in [-0.25, -0.2) is 8.42 Å². The van der Waals surface area contributed by atoms with Crippen LogP contribution in [0.2, 0.25) is 0 Å². The summed E-state index contributed by atoms with van der Waals surface area (Å²) in [6.45, 7) is 2.08. The highest BCUT2D eigenvalue weighted by Gasteiger charge is 2.35. The molecular weight excluding hydrogens is 278 g/mol. The minimum Gasteiger partial charge on any atom is -0.491 e. The van der Waals surface area contributed by atoms with E-state index in [1.54, 1.807) is 19.2 Å². The lowest BCUT2D eigenvalue weighted by atomic mass is 10.2. The first-order valence-corrected chi connectivity index (χ1v) is 8.22. The molecule has 1 aliphatic carbocycles. The van der Waals surface area contributed by atoms with Crippen LogP contribution < -0.4 is 4.74 Å². The monoisotopic (exact) mass is 299 g/mol. The Morgan fingerprint density at radius 2 is 1.95 bits per heavy atom. The zero-order valence-corrected chi connectivity index (χ0v) is 12.6. The van der Waals surface area contributed by atoms with Gasteiger partial charge in [0.1, 0.15) is 12.4 Å². The minimum absolute atomic E-state index is 0.0327. The van der Waals surface area contributed by atoms with E-state index in [9.17, 15) is 8.42 Å². The molecule has 0 aromatic heterocycles. The maximum absolute atomic E-state index is 12.5. The number of aliphatic hydroxyl groups excluding tert-OH is 1. The lowest BCUT2D eigenvalue weighted by Crippen LogP contribution is -2.36. The van der Waals surface area contributed by atoms with Gasteiger partial charge in [0.15, 0.2) is 0 Å². The predicted molar refractivity (Wildman–Crippen MR) is 76.2 cm³/mol. The molecule has 0 bridgehead atoms. The summed E-state index contributed by atoms with van der Waals surface area (Å²) < 4.78 is 31.6. The van der Waals surface area contributed by atoms with Crippen LogP contribution in [0.15, 0.2) is 29.2 Å². The summed E-state index contributed by atoms with van der Waals surface area (Å²) in [6, 6.07) is 6.33. The van der Waals surface area contributed by atoms with Gasteiger partial charge in [-0.15, -0.1) is 0 Å². The molecule has 1 aliphatic rings. The van der Waals surface area contributed by atoms with E-state index in [-0.39, 0.29) is 24.2 Å². The van der Waals surface area contributed by atoms with Gasteiger partial charge < -0.3 is 9.84 Å². The van der Waals surface area contributed by atoms with Crippen molar-refractivity contribution in [1.29, 1.82) is 0 Å². The second kappa shape index (κ2) is 6.11. The van der Waals surface area contributed by atoms with Gasteiger partial charge in [-0.3, -0.25) is 0 Å². The van der Waals surface area contributed by atoms with E-state index in [4.69, 9.17) is 9.84 Å². The van der Waals surface area contributed by atoms with Gasteiger partial charge in [-0.1, -0.05) is 0 Å². The van der Waals surface area contributed by atoms with Crippen LogP contribution in [-0.4, -0.2) is 44.1 Å². The highest BCUT2D eigenvalue weighted by atomic mass is 32.2. The number of ether oxygens (including phenoxy) is 1. The van der Waals surface area contributed by atoms with E-state index in [2.05, 4.69) is 0 Å². The Morgan fingerprint density at radius 1 is 1.35 bits per heavy atom. The van der Waals surface area contributed by atoms with Crippen molar-refractivity contribution in [2.75, 3.05) is 20.3 Å². The van der Waals surface area contributed by atoms with Gasteiger partial charge in [-0.2, -0.15) is 4.31 Å². The van der Waals surface area contributed by atoms with Crippen LogP contribution in [0.3, 0.4) is 0 Å². The summed E-state index contributed by atoms with van der Waals surface area (Å²) in [7, 11) is -1.82. The first-order valence-electron chi connectivity index (χ1n) is 6.78. The number of nitrogens with zero attached hydrogens (tertiary/aromatic N) is 1. The van der Waals surface area contributed by atoms with Crippen LogP contribution in [0.25, 0.3) is 0 Å². The first-order chi connectivity index (χ1) is 9.46. The number of aliphatic hydroxyl groups is 1. The Hall–Kier alpha value is -1.11. The van der Waals surface area contributed by atoms with Crippen LogP contribution in [0.4, 0.5) is 0 Å². The Bertz CT molecular complexity index is 537. The van der Waals surface area contributed by atoms with Crippen LogP contribution >= 0.6 is 0 Å². The van der Waals surface area contributed by atoms with E-state index >= 15 is 0 Å². The number of hydrogen-bond donors (Lipinski definition) is 1. The average molecular weight is 299 g/mol. The lowest BCUT2D eigenvalue weighted by molar-refractivity contribution is 0.201. The van der Waals surface area contributed by atoms with E-state index in [1.807, 2.05) is 6.92 Å². The molecule has 1 aromatic rings. The van der Waals surface area contributed by atoms with Crippen molar-refractivity contribution in [2.45, 2.75) is 30.7 Å². The molecule has 1 aromatic carbocycles. The summed E-state index contributed by atoms with van der Waals surface area (Å²) in [5.41, 5.74) is 0. The quantitative estimate of drug-likeness (QED) is 0.828. The molecule has 0 aliphatic heterocycles. The van der Waals surface area contributed by atoms with Crippen molar-refractivity contribution in [3.8, 4) is 5.75 Å². The third kappa shape index (κ3) is 3.31. The summed E-state index contributed by atoms with van der Waals surface area (Å²) in [4.78, 5) is 0.267. The van der Waals surface area contributed by atoms with Crippen molar-refractivity contribution >= 4 is 10.0 Å². The largest absolute Gasteiger partial charge is 0.491 e. The molecule has 0 spiro atoms. The predicted octanol–water partition coefficient (Wildman–Crippen LogP) is 1.48. The van der Waals surface area contributed by atoms with Gasteiger partial charge in [0.2, 0.25) is 10.0 Å². The molecule has 1 unspecified atom stereocenters. The molecule has 0 saturated heterocycles. The molecule has 0 radical (unpaired) electrons. The number of rotatable bonds is 7. The number of sulfonamides is 1. The zero-order chi connectivity index (χ0) is 14.8. The maximum atomic E-state index is 12.5. The Morgan fingerprint density at radius 3 is 2.45 bits per heavy atom. The van der Waals surface area contributed by atoms with Gasteiger partial charge in [0, 0.05) is 13.1 Å². The lowest BCUT2D eigenvalue weighted by Gasteiger charge is -2.24. The van der Waals surface area contributed by atoms with Gasteiger partial charge in [-0.05, 0) is 49.9 Å². The SMILES string of the molecule is CC(C1CC1)N(C)S(=O)(=O)c1ccc(OCCO)cc1. The molecule has 20 heavy (non-hydrogen) atoms. The van der Waals surface area contributed by atoms with Crippen LogP contribution in [0.5, 0.6) is 5.75 Å². The van der Waals surface area contributed by atoms with E-state index in [0.717, 1.165) is 12.8 Å². The van der Waals surface area contributed by atoms with E-state index in [0.29, 0.717) is 11.7 Å². The molecule has 0 amide bonds. The highest BCUT2D eigenvalue weighted by molar-refractivity contribution is 7.89. The summed E-state index contributed by atoms with van der Waals surface area (Å²) >= 11 is 0.